The lowest BCUT2D eigenvalue weighted by Gasteiger charge is -2.22. The number of hydrogen-bond acceptors (Lipinski definition) is 5. The highest BCUT2D eigenvalue weighted by molar-refractivity contribution is 5.95. The number of rotatable bonds is 3. The number of para-hydroxylation sites is 1. The summed E-state index contributed by atoms with van der Waals surface area (Å²) in [5.74, 6) is 0.114. The highest BCUT2D eigenvalue weighted by Crippen LogP contribution is 2.25. The molecule has 0 saturated heterocycles. The summed E-state index contributed by atoms with van der Waals surface area (Å²) in [6.45, 7) is 2.42. The number of amides is 1. The van der Waals surface area contributed by atoms with Crippen LogP contribution >= 0.6 is 0 Å². The fraction of sp³-hybridized carbons (Fsp3) is 0.263. The summed E-state index contributed by atoms with van der Waals surface area (Å²) in [4.78, 5) is 17.1. The summed E-state index contributed by atoms with van der Waals surface area (Å²) in [5, 5.41) is 11.1. The van der Waals surface area contributed by atoms with E-state index in [1.54, 1.807) is 11.0 Å². The van der Waals surface area contributed by atoms with E-state index in [4.69, 9.17) is 0 Å². The molecule has 0 aliphatic carbocycles. The van der Waals surface area contributed by atoms with E-state index < -0.39 is 0 Å². The van der Waals surface area contributed by atoms with Gasteiger partial charge in [0.2, 0.25) is 5.91 Å². The van der Waals surface area contributed by atoms with E-state index in [9.17, 15) is 4.79 Å². The molecule has 0 atom stereocenters. The van der Waals surface area contributed by atoms with Crippen molar-refractivity contribution in [1.29, 1.82) is 0 Å². The molecule has 2 aromatic carbocycles. The highest BCUT2D eigenvalue weighted by Gasteiger charge is 2.22. The van der Waals surface area contributed by atoms with Crippen molar-refractivity contribution < 1.29 is 4.79 Å². The van der Waals surface area contributed by atoms with Crippen LogP contribution in [-0.2, 0) is 17.8 Å². The van der Waals surface area contributed by atoms with Crippen LogP contribution in [-0.4, -0.2) is 51.2 Å². The minimum atomic E-state index is 0.114. The van der Waals surface area contributed by atoms with Gasteiger partial charge in [-0.2, -0.15) is 0 Å². The zero-order valence-corrected chi connectivity index (χ0v) is 14.6. The molecule has 7 nitrogen and oxygen atoms in total. The maximum Gasteiger partial charge on any atom is 0.231 e. The van der Waals surface area contributed by atoms with Crippen LogP contribution in [0.1, 0.15) is 11.1 Å². The smallest absolute Gasteiger partial charge is 0.231 e. The third-order valence-corrected chi connectivity index (χ3v) is 4.63. The predicted molar refractivity (Wildman–Crippen MR) is 98.0 cm³/mol. The van der Waals surface area contributed by atoms with E-state index >= 15 is 0 Å². The first kappa shape index (κ1) is 16.4. The molecule has 0 N–H and O–H groups in total. The molecule has 7 heteroatoms. The number of tetrazole rings is 1. The van der Waals surface area contributed by atoms with E-state index in [1.165, 1.54) is 5.56 Å². The Hall–Kier alpha value is -3.06. The number of hydrogen-bond donors (Lipinski definition) is 0. The van der Waals surface area contributed by atoms with Gasteiger partial charge in [0.05, 0.1) is 12.1 Å². The zero-order chi connectivity index (χ0) is 17.9. The largest absolute Gasteiger partial charge is 0.311 e. The number of anilines is 1. The first-order valence-corrected chi connectivity index (χ1v) is 8.60. The average Bonchev–Trinajstić information content (AvgIpc) is 3.12. The van der Waals surface area contributed by atoms with Crippen LogP contribution in [0.2, 0.25) is 0 Å². The van der Waals surface area contributed by atoms with E-state index in [-0.39, 0.29) is 5.91 Å². The van der Waals surface area contributed by atoms with Gasteiger partial charge in [0.15, 0.2) is 0 Å². The number of likely N-dealkylation sites (N-methyl/N-ethyl adjacent to an activating group) is 1. The summed E-state index contributed by atoms with van der Waals surface area (Å²) in [5.41, 5.74) is 4.05. The molecular formula is C19H20N6O. The van der Waals surface area contributed by atoms with Crippen LogP contribution in [0.4, 0.5) is 5.69 Å². The van der Waals surface area contributed by atoms with Gasteiger partial charge in [-0.1, -0.05) is 30.3 Å². The van der Waals surface area contributed by atoms with Crippen molar-refractivity contribution in [1.82, 2.24) is 25.1 Å². The average molecular weight is 348 g/mol. The van der Waals surface area contributed by atoms with Crippen LogP contribution < -0.4 is 4.90 Å². The molecular weight excluding hydrogens is 328 g/mol. The van der Waals surface area contributed by atoms with Gasteiger partial charge in [0.1, 0.15) is 6.33 Å². The summed E-state index contributed by atoms with van der Waals surface area (Å²) in [6.07, 6.45) is 1.92. The third kappa shape index (κ3) is 3.34. The topological polar surface area (TPSA) is 67.2 Å². The molecule has 0 spiro atoms. The van der Waals surface area contributed by atoms with Crippen molar-refractivity contribution in [3.8, 4) is 5.69 Å². The Labute approximate surface area is 151 Å². The van der Waals surface area contributed by atoms with E-state index in [1.807, 2.05) is 47.4 Å². The zero-order valence-electron chi connectivity index (χ0n) is 14.6. The van der Waals surface area contributed by atoms with Crippen molar-refractivity contribution in [2.75, 3.05) is 25.0 Å². The molecule has 0 fully saturated rings. The second kappa shape index (κ2) is 7.05. The number of fused-ring (bicyclic) bond motifs is 1. The Morgan fingerprint density at radius 1 is 1.08 bits per heavy atom. The van der Waals surface area contributed by atoms with Gasteiger partial charge in [-0.3, -0.25) is 4.79 Å². The number of benzene rings is 2. The Balaban J connectivity index is 1.53. The van der Waals surface area contributed by atoms with Crippen molar-refractivity contribution in [2.45, 2.75) is 13.0 Å². The Morgan fingerprint density at radius 3 is 2.65 bits per heavy atom. The van der Waals surface area contributed by atoms with E-state index in [0.29, 0.717) is 13.0 Å². The highest BCUT2D eigenvalue weighted by atomic mass is 16.2. The van der Waals surface area contributed by atoms with Crippen LogP contribution in [0.3, 0.4) is 0 Å². The van der Waals surface area contributed by atoms with Crippen LogP contribution in [0.5, 0.6) is 0 Å². The molecule has 1 aromatic heterocycles. The minimum Gasteiger partial charge on any atom is -0.311 e. The quantitative estimate of drug-likeness (QED) is 0.720. The van der Waals surface area contributed by atoms with Gasteiger partial charge in [-0.25, -0.2) is 4.68 Å². The monoisotopic (exact) mass is 348 g/mol. The fourth-order valence-corrected chi connectivity index (χ4v) is 3.24. The summed E-state index contributed by atoms with van der Waals surface area (Å²) >= 11 is 0. The second-order valence-electron chi connectivity index (χ2n) is 6.51. The lowest BCUT2D eigenvalue weighted by atomic mass is 10.1. The molecule has 3 aromatic rings. The number of aromatic nitrogens is 4. The van der Waals surface area contributed by atoms with E-state index in [0.717, 1.165) is 30.0 Å². The van der Waals surface area contributed by atoms with Crippen LogP contribution in [0.15, 0.2) is 54.9 Å². The number of carbonyl (C=O) groups is 1. The molecule has 132 valence electrons. The maximum absolute atomic E-state index is 13.0. The van der Waals surface area contributed by atoms with Crippen LogP contribution in [0.25, 0.3) is 5.69 Å². The number of carbonyl (C=O) groups excluding carboxylic acids is 1. The summed E-state index contributed by atoms with van der Waals surface area (Å²) < 4.78 is 1.59. The van der Waals surface area contributed by atoms with Gasteiger partial charge in [-0.05, 0) is 46.8 Å². The first-order chi connectivity index (χ1) is 12.7. The van der Waals surface area contributed by atoms with E-state index in [2.05, 4.69) is 33.5 Å². The van der Waals surface area contributed by atoms with Gasteiger partial charge < -0.3 is 9.80 Å². The maximum atomic E-state index is 13.0. The third-order valence-electron chi connectivity index (χ3n) is 4.63. The molecule has 0 radical (unpaired) electrons. The molecule has 0 unspecified atom stereocenters. The Morgan fingerprint density at radius 2 is 1.88 bits per heavy atom. The summed E-state index contributed by atoms with van der Waals surface area (Å²) in [7, 11) is 2.09. The Kier molecular flexibility index (Phi) is 4.45. The Bertz CT molecular complexity index is 891. The van der Waals surface area contributed by atoms with Gasteiger partial charge in [0.25, 0.3) is 0 Å². The predicted octanol–water partition coefficient (Wildman–Crippen LogP) is 1.68. The van der Waals surface area contributed by atoms with Crippen LogP contribution in [0, 0.1) is 0 Å². The van der Waals surface area contributed by atoms with Crippen molar-refractivity contribution in [3.05, 3.63) is 66.0 Å². The van der Waals surface area contributed by atoms with Gasteiger partial charge >= 0.3 is 0 Å². The molecule has 26 heavy (non-hydrogen) atoms. The minimum absolute atomic E-state index is 0.114. The normalized spacial score (nSPS) is 14.7. The van der Waals surface area contributed by atoms with Gasteiger partial charge in [-0.15, -0.1) is 5.10 Å². The SMILES string of the molecule is CN1CCN(C(=O)Cc2ccc(-n3cnnn3)cc2)c2ccccc2C1. The standard InChI is InChI=1S/C19H20N6O/c1-23-10-11-24(18-5-3-2-4-16(18)13-23)19(26)12-15-6-8-17(9-7-15)25-14-20-21-22-25/h2-9,14H,10-13H2,1H3. The molecule has 1 aliphatic heterocycles. The molecule has 4 rings (SSSR count). The molecule has 2 heterocycles. The molecule has 0 saturated carbocycles. The second-order valence-corrected chi connectivity index (χ2v) is 6.51. The van der Waals surface area contributed by atoms with Crippen molar-refractivity contribution in [2.24, 2.45) is 0 Å². The molecule has 0 bridgehead atoms. The number of nitrogens with zero attached hydrogens (tertiary/aromatic N) is 6. The lowest BCUT2D eigenvalue weighted by molar-refractivity contribution is -0.118. The molecule has 1 aliphatic rings. The van der Waals surface area contributed by atoms with Gasteiger partial charge in [0, 0.05) is 25.3 Å². The van der Waals surface area contributed by atoms with Crippen molar-refractivity contribution >= 4 is 11.6 Å². The lowest BCUT2D eigenvalue weighted by Crippen LogP contribution is -2.36. The molecule has 1 amide bonds. The first-order valence-electron chi connectivity index (χ1n) is 8.60. The fourth-order valence-electron chi connectivity index (χ4n) is 3.24. The summed E-state index contributed by atoms with van der Waals surface area (Å²) in [6, 6.07) is 15.9. The van der Waals surface area contributed by atoms with Crippen molar-refractivity contribution in [3.63, 3.8) is 0 Å².